The van der Waals surface area contributed by atoms with Crippen LogP contribution >= 0.6 is 11.8 Å². The van der Waals surface area contributed by atoms with Gasteiger partial charge < -0.3 is 5.32 Å². The normalized spacial score (nSPS) is 11.9. The molecule has 2 heterocycles. The number of nitrogens with one attached hydrogen (secondary N) is 1. The summed E-state index contributed by atoms with van der Waals surface area (Å²) in [7, 11) is 0. The summed E-state index contributed by atoms with van der Waals surface area (Å²) in [6.45, 7) is 4.67. The van der Waals surface area contributed by atoms with Gasteiger partial charge in [0, 0.05) is 12.2 Å². The average molecular weight is 382 g/mol. The highest BCUT2D eigenvalue weighted by Gasteiger charge is 2.17. The molecule has 6 nitrogen and oxygen atoms in total. The van der Waals surface area contributed by atoms with Gasteiger partial charge in [0.05, 0.1) is 12.3 Å². The van der Waals surface area contributed by atoms with E-state index >= 15 is 0 Å². The number of amides is 1. The average Bonchev–Trinajstić information content (AvgIpc) is 3.10. The van der Waals surface area contributed by atoms with E-state index in [1.54, 1.807) is 6.20 Å². The quantitative estimate of drug-likeness (QED) is 0.606. The maximum Gasteiger partial charge on any atom is 0.230 e. The minimum Gasteiger partial charge on any atom is -0.353 e. The van der Waals surface area contributed by atoms with Crippen LogP contribution in [0.25, 0.3) is 11.5 Å². The standard InChI is InChI=1S/C20H23N5OS/c1-3-15(2)22-18(26)14-27-20-24-23-19(17-11-7-8-12-21-17)25(20)13-16-9-5-4-6-10-16/h4-12,15H,3,13-14H2,1-2H3,(H,22,26)/t15-/m1/s1. The molecule has 0 unspecified atom stereocenters. The Balaban J connectivity index is 1.83. The Hall–Kier alpha value is -2.67. The molecule has 27 heavy (non-hydrogen) atoms. The topological polar surface area (TPSA) is 72.7 Å². The molecular formula is C20H23N5OS. The lowest BCUT2D eigenvalue weighted by atomic mass is 10.2. The van der Waals surface area contributed by atoms with Crippen molar-refractivity contribution in [3.8, 4) is 11.5 Å². The number of carbonyl (C=O) groups is 1. The van der Waals surface area contributed by atoms with Crippen LogP contribution in [-0.2, 0) is 11.3 Å². The van der Waals surface area contributed by atoms with Gasteiger partial charge in [-0.2, -0.15) is 0 Å². The number of pyridine rings is 1. The van der Waals surface area contributed by atoms with Crippen molar-refractivity contribution < 1.29 is 4.79 Å². The summed E-state index contributed by atoms with van der Waals surface area (Å²) >= 11 is 1.39. The van der Waals surface area contributed by atoms with Gasteiger partial charge in [-0.05, 0) is 31.0 Å². The number of nitrogens with zero attached hydrogens (tertiary/aromatic N) is 4. The lowest BCUT2D eigenvalue weighted by Crippen LogP contribution is -2.33. The predicted molar refractivity (Wildman–Crippen MR) is 107 cm³/mol. The van der Waals surface area contributed by atoms with E-state index in [1.165, 1.54) is 11.8 Å². The number of carbonyl (C=O) groups excluding carboxylic acids is 1. The van der Waals surface area contributed by atoms with Gasteiger partial charge >= 0.3 is 0 Å². The summed E-state index contributed by atoms with van der Waals surface area (Å²) in [6, 6.07) is 16.0. The molecule has 0 aliphatic rings. The van der Waals surface area contributed by atoms with Crippen molar-refractivity contribution in [3.63, 3.8) is 0 Å². The fraction of sp³-hybridized carbons (Fsp3) is 0.300. The van der Waals surface area contributed by atoms with Crippen LogP contribution in [0.1, 0.15) is 25.8 Å². The van der Waals surface area contributed by atoms with Gasteiger partial charge in [-0.25, -0.2) is 0 Å². The molecule has 0 bridgehead atoms. The molecule has 1 amide bonds. The Bertz CT molecular complexity index is 867. The highest BCUT2D eigenvalue weighted by atomic mass is 32.2. The SMILES string of the molecule is CC[C@@H](C)NC(=O)CSc1nnc(-c2ccccn2)n1Cc1ccccc1. The van der Waals surface area contributed by atoms with Crippen molar-refractivity contribution in [2.45, 2.75) is 38.0 Å². The summed E-state index contributed by atoms with van der Waals surface area (Å²) < 4.78 is 2.01. The molecule has 1 aromatic carbocycles. The largest absolute Gasteiger partial charge is 0.353 e. The minimum atomic E-state index is 0.00278. The third-order valence-electron chi connectivity index (χ3n) is 4.15. The van der Waals surface area contributed by atoms with Crippen LogP contribution in [0.3, 0.4) is 0 Å². The fourth-order valence-corrected chi connectivity index (χ4v) is 3.29. The van der Waals surface area contributed by atoms with Gasteiger partial charge in [-0.1, -0.05) is 55.1 Å². The Morgan fingerprint density at radius 2 is 1.93 bits per heavy atom. The first-order chi connectivity index (χ1) is 13.2. The van der Waals surface area contributed by atoms with Crippen LogP contribution in [0.4, 0.5) is 0 Å². The first-order valence-corrected chi connectivity index (χ1v) is 9.96. The van der Waals surface area contributed by atoms with Gasteiger partial charge in [-0.3, -0.25) is 14.3 Å². The zero-order valence-electron chi connectivity index (χ0n) is 15.5. The predicted octanol–water partition coefficient (Wildman–Crippen LogP) is 3.40. The molecule has 0 saturated heterocycles. The minimum absolute atomic E-state index is 0.00278. The summed E-state index contributed by atoms with van der Waals surface area (Å²) in [5, 5.41) is 12.3. The van der Waals surface area contributed by atoms with Crippen molar-refractivity contribution in [2.75, 3.05) is 5.75 Å². The Kier molecular flexibility index (Phi) is 6.59. The Morgan fingerprint density at radius 3 is 2.63 bits per heavy atom. The van der Waals surface area contributed by atoms with E-state index in [-0.39, 0.29) is 11.9 Å². The van der Waals surface area contributed by atoms with Crippen molar-refractivity contribution >= 4 is 17.7 Å². The van der Waals surface area contributed by atoms with Crippen LogP contribution in [0.5, 0.6) is 0 Å². The molecule has 2 aromatic heterocycles. The van der Waals surface area contributed by atoms with Gasteiger partial charge in [-0.15, -0.1) is 10.2 Å². The van der Waals surface area contributed by atoms with E-state index in [4.69, 9.17) is 0 Å². The number of rotatable bonds is 8. The molecule has 140 valence electrons. The van der Waals surface area contributed by atoms with Crippen molar-refractivity contribution in [1.82, 2.24) is 25.1 Å². The van der Waals surface area contributed by atoms with Crippen LogP contribution in [0.15, 0.2) is 59.9 Å². The van der Waals surface area contributed by atoms with Crippen molar-refractivity contribution in [3.05, 3.63) is 60.3 Å². The van der Waals surface area contributed by atoms with Crippen LogP contribution in [-0.4, -0.2) is 37.5 Å². The van der Waals surface area contributed by atoms with Gasteiger partial charge in [0.25, 0.3) is 0 Å². The van der Waals surface area contributed by atoms with E-state index < -0.39 is 0 Å². The molecule has 1 atom stereocenters. The summed E-state index contributed by atoms with van der Waals surface area (Å²) in [5.41, 5.74) is 1.90. The zero-order chi connectivity index (χ0) is 19.1. The van der Waals surface area contributed by atoms with Crippen LogP contribution in [0.2, 0.25) is 0 Å². The van der Waals surface area contributed by atoms with E-state index in [1.807, 2.05) is 54.8 Å². The van der Waals surface area contributed by atoms with Gasteiger partial charge in [0.1, 0.15) is 5.69 Å². The summed E-state index contributed by atoms with van der Waals surface area (Å²) in [5.74, 6) is 1.01. The summed E-state index contributed by atoms with van der Waals surface area (Å²) in [4.78, 5) is 16.5. The Morgan fingerprint density at radius 1 is 1.15 bits per heavy atom. The second-order valence-electron chi connectivity index (χ2n) is 6.26. The zero-order valence-corrected chi connectivity index (χ0v) is 16.3. The smallest absolute Gasteiger partial charge is 0.230 e. The maximum absolute atomic E-state index is 12.1. The van der Waals surface area contributed by atoms with Crippen molar-refractivity contribution in [1.29, 1.82) is 0 Å². The molecule has 0 aliphatic heterocycles. The fourth-order valence-electron chi connectivity index (χ4n) is 2.54. The molecule has 7 heteroatoms. The van der Waals surface area contributed by atoms with Gasteiger partial charge in [0.2, 0.25) is 5.91 Å². The molecule has 0 spiro atoms. The maximum atomic E-state index is 12.1. The second kappa shape index (κ2) is 9.32. The monoisotopic (exact) mass is 381 g/mol. The summed E-state index contributed by atoms with van der Waals surface area (Å²) in [6.07, 6.45) is 2.65. The first-order valence-electron chi connectivity index (χ1n) is 8.98. The molecule has 0 aliphatic carbocycles. The molecular weight excluding hydrogens is 358 g/mol. The number of benzene rings is 1. The molecule has 3 aromatic rings. The lowest BCUT2D eigenvalue weighted by Gasteiger charge is -2.12. The second-order valence-corrected chi connectivity index (χ2v) is 7.20. The molecule has 0 radical (unpaired) electrons. The highest BCUT2D eigenvalue weighted by Crippen LogP contribution is 2.24. The van der Waals surface area contributed by atoms with Crippen molar-refractivity contribution in [2.24, 2.45) is 0 Å². The van der Waals surface area contributed by atoms with Crippen LogP contribution in [0, 0.1) is 0 Å². The number of hydrogen-bond acceptors (Lipinski definition) is 5. The molecule has 0 fully saturated rings. The highest BCUT2D eigenvalue weighted by molar-refractivity contribution is 7.99. The molecule has 3 rings (SSSR count). The van der Waals surface area contributed by atoms with E-state index in [2.05, 4.69) is 32.6 Å². The van der Waals surface area contributed by atoms with E-state index in [0.29, 0.717) is 23.3 Å². The number of hydrogen-bond donors (Lipinski definition) is 1. The molecule has 1 N–H and O–H groups in total. The third-order valence-corrected chi connectivity index (χ3v) is 5.11. The molecule has 0 saturated carbocycles. The third kappa shape index (κ3) is 5.17. The first kappa shape index (κ1) is 19.1. The van der Waals surface area contributed by atoms with E-state index in [0.717, 1.165) is 17.7 Å². The Labute approximate surface area is 163 Å². The lowest BCUT2D eigenvalue weighted by molar-refractivity contribution is -0.119. The van der Waals surface area contributed by atoms with Gasteiger partial charge in [0.15, 0.2) is 11.0 Å². The number of aromatic nitrogens is 4. The number of thioether (sulfide) groups is 1. The van der Waals surface area contributed by atoms with Crippen LogP contribution < -0.4 is 5.32 Å². The van der Waals surface area contributed by atoms with E-state index in [9.17, 15) is 4.79 Å².